The Kier molecular flexibility index (Phi) is 6.16. The van der Waals surface area contributed by atoms with Crippen LogP contribution in [0.4, 0.5) is 10.1 Å². The van der Waals surface area contributed by atoms with Gasteiger partial charge >= 0.3 is 0 Å². The number of carbonyl (C=O) groups excluding carboxylic acids is 1. The van der Waals surface area contributed by atoms with Gasteiger partial charge in [0, 0.05) is 24.7 Å². The molecule has 10 heteroatoms. The van der Waals surface area contributed by atoms with E-state index in [-0.39, 0.29) is 28.6 Å². The second-order valence-corrected chi connectivity index (χ2v) is 8.40. The van der Waals surface area contributed by atoms with Gasteiger partial charge < -0.3 is 9.42 Å². The zero-order valence-electron chi connectivity index (χ0n) is 16.7. The number of nitrogens with zero attached hydrogens (tertiary/aromatic N) is 3. The van der Waals surface area contributed by atoms with Gasteiger partial charge in [-0.1, -0.05) is 12.1 Å². The van der Waals surface area contributed by atoms with Crippen molar-refractivity contribution in [2.45, 2.75) is 31.7 Å². The third-order valence-corrected chi connectivity index (χ3v) is 5.75. The Labute approximate surface area is 173 Å². The van der Waals surface area contributed by atoms with Crippen molar-refractivity contribution in [3.8, 4) is 0 Å². The number of rotatable bonds is 7. The van der Waals surface area contributed by atoms with Crippen molar-refractivity contribution < 1.29 is 22.1 Å². The fourth-order valence-corrected chi connectivity index (χ4v) is 3.82. The van der Waals surface area contributed by atoms with Crippen molar-refractivity contribution in [2.24, 2.45) is 0 Å². The molecule has 0 aliphatic carbocycles. The molecule has 0 unspecified atom stereocenters. The summed E-state index contributed by atoms with van der Waals surface area (Å²) in [5.41, 5.74) is 0.878. The lowest BCUT2D eigenvalue weighted by atomic mass is 10.2. The number of halogens is 1. The van der Waals surface area contributed by atoms with Gasteiger partial charge in [-0.3, -0.25) is 9.52 Å². The van der Waals surface area contributed by atoms with Crippen LogP contribution in [0.25, 0.3) is 0 Å². The van der Waals surface area contributed by atoms with Gasteiger partial charge in [0.15, 0.2) is 5.82 Å². The minimum atomic E-state index is -3.88. The van der Waals surface area contributed by atoms with Crippen molar-refractivity contribution in [2.75, 3.05) is 11.8 Å². The molecule has 1 amide bonds. The number of sulfonamides is 1. The van der Waals surface area contributed by atoms with E-state index in [2.05, 4.69) is 14.9 Å². The molecule has 30 heavy (non-hydrogen) atoms. The summed E-state index contributed by atoms with van der Waals surface area (Å²) in [4.78, 5) is 18.1. The van der Waals surface area contributed by atoms with E-state index in [1.54, 1.807) is 7.05 Å². The summed E-state index contributed by atoms with van der Waals surface area (Å²) in [6.07, 6.45) is 0.635. The van der Waals surface area contributed by atoms with Crippen LogP contribution < -0.4 is 4.72 Å². The van der Waals surface area contributed by atoms with Crippen LogP contribution in [0.1, 0.15) is 34.6 Å². The zero-order valence-corrected chi connectivity index (χ0v) is 17.5. The molecule has 0 spiro atoms. The number of anilines is 1. The van der Waals surface area contributed by atoms with E-state index in [1.807, 2.05) is 6.92 Å². The predicted octanol–water partition coefficient (Wildman–Crippen LogP) is 3.15. The molecule has 1 N–H and O–H groups in total. The number of hydrogen-bond acceptors (Lipinski definition) is 6. The summed E-state index contributed by atoms with van der Waals surface area (Å²) in [7, 11) is -2.28. The summed E-state index contributed by atoms with van der Waals surface area (Å²) in [6, 6.07) is 9.54. The first-order valence-corrected chi connectivity index (χ1v) is 10.6. The molecule has 3 aromatic rings. The third kappa shape index (κ3) is 4.82. The third-order valence-electron chi connectivity index (χ3n) is 4.37. The standard InChI is InChI=1S/C20H21FN4O4S/c1-4-18-22-19(29-23-18)12-25(3)20(26)14-5-7-15(8-6-14)24-30(27,28)16-9-10-17(21)13(2)11-16/h5-11,24H,4,12H2,1-3H3. The SMILES string of the molecule is CCc1noc(CN(C)C(=O)c2ccc(NS(=O)(=O)c3ccc(F)c(C)c3)cc2)n1. The number of benzene rings is 2. The van der Waals surface area contributed by atoms with E-state index in [1.165, 1.54) is 48.2 Å². The second-order valence-electron chi connectivity index (χ2n) is 6.71. The number of hydrogen-bond donors (Lipinski definition) is 1. The maximum absolute atomic E-state index is 13.4. The normalized spacial score (nSPS) is 11.3. The first kappa shape index (κ1) is 21.4. The largest absolute Gasteiger partial charge is 0.337 e. The molecule has 1 heterocycles. The summed E-state index contributed by atoms with van der Waals surface area (Å²) < 4.78 is 45.9. The van der Waals surface area contributed by atoms with Gasteiger partial charge in [0.1, 0.15) is 5.82 Å². The summed E-state index contributed by atoms with van der Waals surface area (Å²) in [5, 5.41) is 3.79. The molecule has 1 aromatic heterocycles. The van der Waals surface area contributed by atoms with Crippen molar-refractivity contribution in [1.82, 2.24) is 15.0 Å². The topological polar surface area (TPSA) is 105 Å². The minimum Gasteiger partial charge on any atom is -0.337 e. The molecule has 0 saturated carbocycles. The highest BCUT2D eigenvalue weighted by atomic mass is 32.2. The van der Waals surface area contributed by atoms with E-state index in [9.17, 15) is 17.6 Å². The summed E-state index contributed by atoms with van der Waals surface area (Å²) >= 11 is 0. The first-order valence-electron chi connectivity index (χ1n) is 9.15. The molecule has 0 aliphatic heterocycles. The van der Waals surface area contributed by atoms with Gasteiger partial charge in [0.2, 0.25) is 5.89 Å². The quantitative estimate of drug-likeness (QED) is 0.615. The van der Waals surface area contributed by atoms with Crippen LogP contribution in [0.5, 0.6) is 0 Å². The van der Waals surface area contributed by atoms with E-state index in [0.717, 1.165) is 6.07 Å². The molecule has 0 aliphatic rings. The fraction of sp³-hybridized carbons (Fsp3) is 0.250. The molecule has 0 atom stereocenters. The average Bonchev–Trinajstić information content (AvgIpc) is 3.17. The lowest BCUT2D eigenvalue weighted by Gasteiger charge is -2.15. The Morgan fingerprint density at radius 3 is 2.50 bits per heavy atom. The molecule has 3 rings (SSSR count). The van der Waals surface area contributed by atoms with Crippen LogP contribution in [0.15, 0.2) is 51.9 Å². The molecule has 0 bridgehead atoms. The molecule has 0 radical (unpaired) electrons. The molecular formula is C20H21FN4O4S. The van der Waals surface area contributed by atoms with Gasteiger partial charge in [-0.05, 0) is 55.0 Å². The van der Waals surface area contributed by atoms with E-state index < -0.39 is 15.8 Å². The summed E-state index contributed by atoms with van der Waals surface area (Å²) in [6.45, 7) is 3.54. The van der Waals surface area contributed by atoms with Crippen molar-refractivity contribution >= 4 is 21.6 Å². The number of aryl methyl sites for hydroxylation is 2. The van der Waals surface area contributed by atoms with Crippen LogP contribution in [-0.2, 0) is 23.0 Å². The zero-order chi connectivity index (χ0) is 21.9. The highest BCUT2D eigenvalue weighted by molar-refractivity contribution is 7.92. The van der Waals surface area contributed by atoms with Gasteiger partial charge in [-0.25, -0.2) is 12.8 Å². The summed E-state index contributed by atoms with van der Waals surface area (Å²) in [5.74, 6) is 0.141. The van der Waals surface area contributed by atoms with Gasteiger partial charge in [0.05, 0.1) is 11.4 Å². The van der Waals surface area contributed by atoms with E-state index in [4.69, 9.17) is 4.52 Å². The van der Waals surface area contributed by atoms with Gasteiger partial charge in [-0.15, -0.1) is 0 Å². The second kappa shape index (κ2) is 8.62. The van der Waals surface area contributed by atoms with Crippen molar-refractivity contribution in [3.63, 3.8) is 0 Å². The van der Waals surface area contributed by atoms with Crippen LogP contribution in [0.3, 0.4) is 0 Å². The number of nitrogens with one attached hydrogen (secondary N) is 1. The smallest absolute Gasteiger partial charge is 0.261 e. The Morgan fingerprint density at radius 2 is 1.90 bits per heavy atom. The van der Waals surface area contributed by atoms with Gasteiger partial charge in [0.25, 0.3) is 15.9 Å². The number of aromatic nitrogens is 2. The van der Waals surface area contributed by atoms with Crippen LogP contribution >= 0.6 is 0 Å². The highest BCUT2D eigenvalue weighted by Crippen LogP contribution is 2.19. The van der Waals surface area contributed by atoms with Crippen LogP contribution in [0, 0.1) is 12.7 Å². The Hall–Kier alpha value is -3.27. The monoisotopic (exact) mass is 432 g/mol. The minimum absolute atomic E-state index is 0.0488. The first-order chi connectivity index (χ1) is 14.2. The van der Waals surface area contributed by atoms with E-state index in [0.29, 0.717) is 23.7 Å². The lowest BCUT2D eigenvalue weighted by molar-refractivity contribution is 0.0769. The Morgan fingerprint density at radius 1 is 1.20 bits per heavy atom. The molecule has 8 nitrogen and oxygen atoms in total. The van der Waals surface area contributed by atoms with Crippen LogP contribution in [-0.4, -0.2) is 36.4 Å². The highest BCUT2D eigenvalue weighted by Gasteiger charge is 2.18. The Bertz CT molecular complexity index is 1160. The maximum atomic E-state index is 13.4. The Balaban J connectivity index is 1.69. The molecule has 0 saturated heterocycles. The van der Waals surface area contributed by atoms with Gasteiger partial charge in [-0.2, -0.15) is 4.98 Å². The lowest BCUT2D eigenvalue weighted by Crippen LogP contribution is -2.26. The van der Waals surface area contributed by atoms with E-state index >= 15 is 0 Å². The average molecular weight is 432 g/mol. The van der Waals surface area contributed by atoms with Crippen molar-refractivity contribution in [3.05, 3.63) is 71.1 Å². The van der Waals surface area contributed by atoms with Crippen molar-refractivity contribution in [1.29, 1.82) is 0 Å². The number of amides is 1. The fourth-order valence-electron chi connectivity index (χ4n) is 2.67. The molecule has 158 valence electrons. The maximum Gasteiger partial charge on any atom is 0.261 e. The molecule has 2 aromatic carbocycles. The van der Waals surface area contributed by atoms with Crippen LogP contribution in [0.2, 0.25) is 0 Å². The number of carbonyl (C=O) groups is 1. The predicted molar refractivity (Wildman–Crippen MR) is 108 cm³/mol. The molecular weight excluding hydrogens is 411 g/mol. The molecule has 0 fully saturated rings.